The molecule has 0 amide bonds. The van der Waals surface area contributed by atoms with Gasteiger partial charge in [-0.2, -0.15) is 0 Å². The minimum atomic E-state index is -3.13. The molecule has 0 radical (unpaired) electrons. The second kappa shape index (κ2) is 6.05. The summed E-state index contributed by atoms with van der Waals surface area (Å²) < 4.78 is 23.4. The van der Waals surface area contributed by atoms with Gasteiger partial charge in [-0.05, 0) is 48.4 Å². The number of sulfone groups is 1. The largest absolute Gasteiger partial charge is 0.381 e. The van der Waals surface area contributed by atoms with Crippen LogP contribution in [0.3, 0.4) is 0 Å². The van der Waals surface area contributed by atoms with Gasteiger partial charge in [-0.25, -0.2) is 8.42 Å². The Hall–Kier alpha value is -1.88. The third kappa shape index (κ3) is 3.36. The lowest BCUT2D eigenvalue weighted by atomic mass is 10.1. The highest BCUT2D eigenvalue weighted by Gasteiger charge is 2.10. The van der Waals surface area contributed by atoms with Gasteiger partial charge in [-0.15, -0.1) is 0 Å². The molecule has 0 atom stereocenters. The summed E-state index contributed by atoms with van der Waals surface area (Å²) in [6.45, 7) is 4.35. The van der Waals surface area contributed by atoms with Crippen LogP contribution in [-0.4, -0.2) is 19.2 Å². The summed E-state index contributed by atoms with van der Waals surface area (Å²) in [5.74, 6) is 0.120. The van der Waals surface area contributed by atoms with Crippen molar-refractivity contribution in [2.75, 3.05) is 11.1 Å². The molecule has 5 heteroatoms. The third-order valence-electron chi connectivity index (χ3n) is 3.22. The first kappa shape index (κ1) is 14.5. The third-order valence-corrected chi connectivity index (χ3v) is 4.97. The van der Waals surface area contributed by atoms with Crippen LogP contribution in [0.4, 0.5) is 5.69 Å². The van der Waals surface area contributed by atoms with Gasteiger partial charge in [0.25, 0.3) is 0 Å². The molecular weight excluding hydrogens is 272 g/mol. The summed E-state index contributed by atoms with van der Waals surface area (Å²) in [6.07, 6.45) is 3.60. The molecule has 0 saturated heterocycles. The topological polar surface area (TPSA) is 59.1 Å². The zero-order chi connectivity index (χ0) is 14.6. The highest BCUT2D eigenvalue weighted by molar-refractivity contribution is 7.91. The average molecular weight is 290 g/mol. The van der Waals surface area contributed by atoms with Crippen LogP contribution in [-0.2, 0) is 16.4 Å². The molecule has 1 N–H and O–H groups in total. The first-order valence-electron chi connectivity index (χ1n) is 6.49. The molecule has 20 heavy (non-hydrogen) atoms. The van der Waals surface area contributed by atoms with E-state index in [2.05, 4.69) is 10.3 Å². The van der Waals surface area contributed by atoms with Crippen LogP contribution in [0.5, 0.6) is 0 Å². The van der Waals surface area contributed by atoms with Gasteiger partial charge in [0.2, 0.25) is 0 Å². The molecule has 106 valence electrons. The van der Waals surface area contributed by atoms with E-state index in [1.807, 2.05) is 19.2 Å². The lowest BCUT2D eigenvalue weighted by molar-refractivity contribution is 0.597. The molecule has 0 spiro atoms. The van der Waals surface area contributed by atoms with Crippen molar-refractivity contribution in [2.24, 2.45) is 0 Å². The van der Waals surface area contributed by atoms with Crippen LogP contribution in [0.25, 0.3) is 0 Å². The van der Waals surface area contributed by atoms with Crippen molar-refractivity contribution in [3.8, 4) is 0 Å². The van der Waals surface area contributed by atoms with E-state index in [9.17, 15) is 8.42 Å². The molecule has 1 aromatic heterocycles. The normalized spacial score (nSPS) is 11.3. The monoisotopic (exact) mass is 290 g/mol. The number of benzene rings is 1. The summed E-state index contributed by atoms with van der Waals surface area (Å²) in [4.78, 5) is 4.46. The van der Waals surface area contributed by atoms with E-state index in [0.29, 0.717) is 11.4 Å². The molecule has 0 fully saturated rings. The Labute approximate surface area is 119 Å². The van der Waals surface area contributed by atoms with Crippen LogP contribution in [0.15, 0.2) is 47.6 Å². The number of aromatic nitrogens is 1. The van der Waals surface area contributed by atoms with Crippen LogP contribution in [0.2, 0.25) is 0 Å². The van der Waals surface area contributed by atoms with Crippen molar-refractivity contribution in [1.29, 1.82) is 0 Å². The molecule has 2 rings (SSSR count). The molecule has 0 aliphatic carbocycles. The van der Waals surface area contributed by atoms with Gasteiger partial charge in [0, 0.05) is 24.6 Å². The summed E-state index contributed by atoms with van der Waals surface area (Å²) in [7, 11) is -3.13. The molecule has 4 nitrogen and oxygen atoms in total. The number of pyridine rings is 1. The minimum absolute atomic E-state index is 0.120. The van der Waals surface area contributed by atoms with E-state index in [4.69, 9.17) is 0 Å². The molecule has 0 aliphatic rings. The molecule has 0 saturated carbocycles. The van der Waals surface area contributed by atoms with Crippen LogP contribution in [0.1, 0.15) is 18.1 Å². The fourth-order valence-electron chi connectivity index (χ4n) is 1.83. The second-order valence-electron chi connectivity index (χ2n) is 4.58. The van der Waals surface area contributed by atoms with Gasteiger partial charge in [-0.1, -0.05) is 6.92 Å². The number of rotatable bonds is 5. The Morgan fingerprint density at radius 2 is 1.85 bits per heavy atom. The van der Waals surface area contributed by atoms with E-state index in [1.165, 1.54) is 5.56 Å². The van der Waals surface area contributed by atoms with Gasteiger partial charge in [-0.3, -0.25) is 4.98 Å². The molecular formula is C15H18N2O2S. The predicted octanol–water partition coefficient (Wildman–Crippen LogP) is 2.80. The van der Waals surface area contributed by atoms with Crippen LogP contribution in [0, 0.1) is 6.92 Å². The standard InChI is InChI=1S/C15H18N2O2S/c1-3-20(18,19)15-6-4-14(5-7-15)17-11-13-10-16-9-8-12(13)2/h4-10,17H,3,11H2,1-2H3. The van der Waals surface area contributed by atoms with Crippen molar-refractivity contribution in [1.82, 2.24) is 4.98 Å². The quantitative estimate of drug-likeness (QED) is 0.920. The average Bonchev–Trinajstić information content (AvgIpc) is 2.47. The van der Waals surface area contributed by atoms with E-state index >= 15 is 0 Å². The van der Waals surface area contributed by atoms with Gasteiger partial charge in [0.1, 0.15) is 0 Å². The smallest absolute Gasteiger partial charge is 0.178 e. The fraction of sp³-hybridized carbons (Fsp3) is 0.267. The van der Waals surface area contributed by atoms with Crippen molar-refractivity contribution in [3.05, 3.63) is 53.9 Å². The first-order chi connectivity index (χ1) is 9.53. The Balaban J connectivity index is 2.07. The number of nitrogens with zero attached hydrogens (tertiary/aromatic N) is 1. The second-order valence-corrected chi connectivity index (χ2v) is 6.86. The maximum atomic E-state index is 11.7. The van der Waals surface area contributed by atoms with Gasteiger partial charge >= 0.3 is 0 Å². The number of aryl methyl sites for hydroxylation is 1. The van der Waals surface area contributed by atoms with Gasteiger partial charge in [0.15, 0.2) is 9.84 Å². The van der Waals surface area contributed by atoms with Crippen LogP contribution < -0.4 is 5.32 Å². The molecule has 2 aromatic rings. The minimum Gasteiger partial charge on any atom is -0.381 e. The Bertz CT molecular complexity index is 679. The van der Waals surface area contributed by atoms with E-state index < -0.39 is 9.84 Å². The van der Waals surface area contributed by atoms with E-state index in [0.717, 1.165) is 11.3 Å². The maximum Gasteiger partial charge on any atom is 0.178 e. The SMILES string of the molecule is CCS(=O)(=O)c1ccc(NCc2cnccc2C)cc1. The zero-order valence-corrected chi connectivity index (χ0v) is 12.4. The number of nitrogens with one attached hydrogen (secondary N) is 1. The Morgan fingerprint density at radius 1 is 1.15 bits per heavy atom. The van der Waals surface area contributed by atoms with E-state index in [-0.39, 0.29) is 5.75 Å². The van der Waals surface area contributed by atoms with E-state index in [1.54, 1.807) is 37.4 Å². The predicted molar refractivity (Wildman–Crippen MR) is 80.5 cm³/mol. The lowest BCUT2D eigenvalue weighted by Crippen LogP contribution is -2.05. The molecule has 1 aromatic carbocycles. The molecule has 0 bridgehead atoms. The van der Waals surface area contributed by atoms with Gasteiger partial charge < -0.3 is 5.32 Å². The van der Waals surface area contributed by atoms with Crippen molar-refractivity contribution in [3.63, 3.8) is 0 Å². The number of hydrogen-bond donors (Lipinski definition) is 1. The molecule has 0 aliphatic heterocycles. The number of anilines is 1. The summed E-state index contributed by atoms with van der Waals surface area (Å²) >= 11 is 0. The maximum absolute atomic E-state index is 11.7. The Kier molecular flexibility index (Phi) is 4.39. The van der Waals surface area contributed by atoms with Crippen molar-refractivity contribution >= 4 is 15.5 Å². The Morgan fingerprint density at radius 3 is 2.45 bits per heavy atom. The molecule has 0 unspecified atom stereocenters. The zero-order valence-electron chi connectivity index (χ0n) is 11.6. The highest BCUT2D eigenvalue weighted by Crippen LogP contribution is 2.16. The van der Waals surface area contributed by atoms with Gasteiger partial charge in [0.05, 0.1) is 10.6 Å². The highest BCUT2D eigenvalue weighted by atomic mass is 32.2. The summed E-state index contributed by atoms with van der Waals surface area (Å²) in [5, 5.41) is 3.26. The first-order valence-corrected chi connectivity index (χ1v) is 8.14. The van der Waals surface area contributed by atoms with Crippen LogP contribution >= 0.6 is 0 Å². The number of hydrogen-bond acceptors (Lipinski definition) is 4. The van der Waals surface area contributed by atoms with Crippen molar-refractivity contribution in [2.45, 2.75) is 25.3 Å². The molecule has 1 heterocycles. The summed E-state index contributed by atoms with van der Waals surface area (Å²) in [5.41, 5.74) is 3.19. The lowest BCUT2D eigenvalue weighted by Gasteiger charge is -2.09. The fourth-order valence-corrected chi connectivity index (χ4v) is 2.71. The summed E-state index contributed by atoms with van der Waals surface area (Å²) in [6, 6.07) is 8.81. The van der Waals surface area contributed by atoms with Crippen molar-refractivity contribution < 1.29 is 8.42 Å².